The molecule has 1 aromatic heterocycles. The highest BCUT2D eigenvalue weighted by Crippen LogP contribution is 2.42. The number of rotatable bonds is 5. The van der Waals surface area contributed by atoms with E-state index in [4.69, 9.17) is 4.42 Å². The molecule has 0 saturated carbocycles. The topological polar surface area (TPSA) is 16.4 Å². The zero-order chi connectivity index (χ0) is 26.2. The zero-order valence-electron chi connectivity index (χ0n) is 21.7. The summed E-state index contributed by atoms with van der Waals surface area (Å²) in [5.41, 5.74) is 10.9. The molecule has 0 fully saturated rings. The van der Waals surface area contributed by atoms with Crippen LogP contribution in [0.5, 0.6) is 0 Å². The number of furan rings is 1. The summed E-state index contributed by atoms with van der Waals surface area (Å²) in [5.74, 6) is 0. The first-order chi connectivity index (χ1) is 19.3. The van der Waals surface area contributed by atoms with Crippen LogP contribution in [0.15, 0.2) is 150 Å². The maximum absolute atomic E-state index is 6.58. The standard InChI is InChI=1S/C36H26BNO/c37-33-15-7-13-31-32-14-8-16-34(36(32)39-35(31)33)38(29-21-17-27(18-22-29)25-9-3-1-4-10-25)30-23-19-28(20-24-30)26-11-5-2-6-12-26/h1-24H,37H2. The number of para-hydroxylation sites is 2. The van der Waals surface area contributed by atoms with Gasteiger partial charge in [0, 0.05) is 22.1 Å². The molecule has 0 atom stereocenters. The van der Waals surface area contributed by atoms with E-state index >= 15 is 0 Å². The van der Waals surface area contributed by atoms with E-state index in [9.17, 15) is 0 Å². The lowest BCUT2D eigenvalue weighted by molar-refractivity contribution is 0.671. The molecule has 0 aliphatic heterocycles. The van der Waals surface area contributed by atoms with Gasteiger partial charge < -0.3 is 9.32 Å². The van der Waals surface area contributed by atoms with E-state index < -0.39 is 0 Å². The fourth-order valence-corrected chi connectivity index (χ4v) is 5.42. The average molecular weight is 499 g/mol. The predicted molar refractivity (Wildman–Crippen MR) is 167 cm³/mol. The van der Waals surface area contributed by atoms with Crippen LogP contribution in [0.25, 0.3) is 44.2 Å². The second-order valence-corrected chi connectivity index (χ2v) is 9.87. The van der Waals surface area contributed by atoms with E-state index in [0.717, 1.165) is 44.5 Å². The molecule has 6 aromatic carbocycles. The molecule has 0 unspecified atom stereocenters. The average Bonchev–Trinajstić information content (AvgIpc) is 3.40. The quantitative estimate of drug-likeness (QED) is 0.220. The Morgan fingerprint density at radius 3 is 1.41 bits per heavy atom. The minimum atomic E-state index is 0.890. The first kappa shape index (κ1) is 23.1. The molecule has 7 aromatic rings. The first-order valence-corrected chi connectivity index (χ1v) is 13.3. The van der Waals surface area contributed by atoms with E-state index in [-0.39, 0.29) is 0 Å². The second-order valence-electron chi connectivity index (χ2n) is 9.87. The number of benzene rings is 6. The summed E-state index contributed by atoms with van der Waals surface area (Å²) in [4.78, 5) is 2.30. The first-order valence-electron chi connectivity index (χ1n) is 13.3. The Balaban J connectivity index is 1.40. The summed E-state index contributed by atoms with van der Waals surface area (Å²) in [7, 11) is 2.10. The molecule has 3 heteroatoms. The van der Waals surface area contributed by atoms with Gasteiger partial charge in [-0.05, 0) is 58.0 Å². The minimum absolute atomic E-state index is 0.890. The summed E-state index contributed by atoms with van der Waals surface area (Å²) in [6.07, 6.45) is 0. The fraction of sp³-hybridized carbons (Fsp3) is 0. The lowest BCUT2D eigenvalue weighted by Gasteiger charge is -2.26. The van der Waals surface area contributed by atoms with Gasteiger partial charge in [-0.3, -0.25) is 0 Å². The normalized spacial score (nSPS) is 11.2. The third-order valence-corrected chi connectivity index (χ3v) is 7.41. The van der Waals surface area contributed by atoms with Crippen molar-refractivity contribution in [3.8, 4) is 22.3 Å². The fourth-order valence-electron chi connectivity index (χ4n) is 5.42. The number of fused-ring (bicyclic) bond motifs is 3. The Morgan fingerprint density at radius 1 is 0.410 bits per heavy atom. The Kier molecular flexibility index (Phi) is 5.75. The van der Waals surface area contributed by atoms with Gasteiger partial charge in [-0.25, -0.2) is 0 Å². The van der Waals surface area contributed by atoms with Crippen molar-refractivity contribution in [1.29, 1.82) is 0 Å². The van der Waals surface area contributed by atoms with Crippen LogP contribution in [-0.4, -0.2) is 7.85 Å². The molecule has 0 saturated heterocycles. The van der Waals surface area contributed by atoms with Crippen LogP contribution >= 0.6 is 0 Å². The Labute approximate surface area is 229 Å². The molecular formula is C36H26BNO. The van der Waals surface area contributed by atoms with Crippen LogP contribution in [0, 0.1) is 0 Å². The van der Waals surface area contributed by atoms with Crippen molar-refractivity contribution in [2.24, 2.45) is 0 Å². The van der Waals surface area contributed by atoms with Gasteiger partial charge in [-0.15, -0.1) is 0 Å². The lowest BCUT2D eigenvalue weighted by atomic mass is 9.94. The molecule has 0 aliphatic carbocycles. The van der Waals surface area contributed by atoms with Gasteiger partial charge >= 0.3 is 0 Å². The van der Waals surface area contributed by atoms with Crippen LogP contribution < -0.4 is 10.4 Å². The van der Waals surface area contributed by atoms with Crippen LogP contribution in [0.4, 0.5) is 17.1 Å². The molecule has 2 nitrogen and oxygen atoms in total. The maximum Gasteiger partial charge on any atom is 0.159 e. The number of anilines is 3. The highest BCUT2D eigenvalue weighted by Gasteiger charge is 2.20. The molecule has 0 aliphatic rings. The largest absolute Gasteiger partial charge is 0.454 e. The van der Waals surface area contributed by atoms with Gasteiger partial charge in [0.15, 0.2) is 5.58 Å². The van der Waals surface area contributed by atoms with Crippen molar-refractivity contribution in [1.82, 2.24) is 0 Å². The predicted octanol–water partition coefficient (Wildman–Crippen LogP) is 8.65. The molecule has 0 amide bonds. The number of nitrogens with zero attached hydrogens (tertiary/aromatic N) is 1. The van der Waals surface area contributed by atoms with Crippen LogP contribution in [-0.2, 0) is 0 Å². The Hall–Kier alpha value is -5.02. The summed E-state index contributed by atoms with van der Waals surface area (Å²) in [6, 6.07) is 51.3. The van der Waals surface area contributed by atoms with Gasteiger partial charge in [-0.1, -0.05) is 115 Å². The molecule has 7 rings (SSSR count). The van der Waals surface area contributed by atoms with Crippen LogP contribution in [0.1, 0.15) is 0 Å². The summed E-state index contributed by atoms with van der Waals surface area (Å²) in [6.45, 7) is 0. The van der Waals surface area contributed by atoms with E-state index in [0.29, 0.717) is 0 Å². The Bertz CT molecular complexity index is 1810. The Morgan fingerprint density at radius 2 is 0.872 bits per heavy atom. The van der Waals surface area contributed by atoms with Gasteiger partial charge in [0.1, 0.15) is 13.4 Å². The van der Waals surface area contributed by atoms with Crippen molar-refractivity contribution in [3.63, 3.8) is 0 Å². The molecule has 0 spiro atoms. The minimum Gasteiger partial charge on any atom is -0.454 e. The third kappa shape index (κ3) is 4.19. The van der Waals surface area contributed by atoms with E-state index in [1.807, 2.05) is 0 Å². The van der Waals surface area contributed by atoms with Gasteiger partial charge in [0.25, 0.3) is 0 Å². The highest BCUT2D eigenvalue weighted by molar-refractivity contribution is 6.39. The van der Waals surface area contributed by atoms with Crippen molar-refractivity contribution < 1.29 is 4.42 Å². The molecule has 39 heavy (non-hydrogen) atoms. The van der Waals surface area contributed by atoms with Crippen LogP contribution in [0.2, 0.25) is 0 Å². The number of hydrogen-bond acceptors (Lipinski definition) is 2. The van der Waals surface area contributed by atoms with Crippen molar-refractivity contribution in [3.05, 3.63) is 146 Å². The van der Waals surface area contributed by atoms with E-state index in [2.05, 4.69) is 158 Å². The van der Waals surface area contributed by atoms with Crippen molar-refractivity contribution >= 4 is 52.3 Å². The molecule has 0 radical (unpaired) electrons. The zero-order valence-corrected chi connectivity index (χ0v) is 21.7. The van der Waals surface area contributed by atoms with Crippen molar-refractivity contribution in [2.75, 3.05) is 4.90 Å². The summed E-state index contributed by atoms with van der Waals surface area (Å²) in [5, 5.41) is 2.27. The molecule has 0 N–H and O–H groups in total. The molecular weight excluding hydrogens is 473 g/mol. The smallest absolute Gasteiger partial charge is 0.159 e. The molecule has 0 bridgehead atoms. The van der Waals surface area contributed by atoms with Gasteiger partial charge in [0.05, 0.1) is 5.69 Å². The summed E-state index contributed by atoms with van der Waals surface area (Å²) < 4.78 is 6.58. The van der Waals surface area contributed by atoms with Crippen molar-refractivity contribution in [2.45, 2.75) is 0 Å². The summed E-state index contributed by atoms with van der Waals surface area (Å²) >= 11 is 0. The number of hydrogen-bond donors (Lipinski definition) is 0. The SMILES string of the molecule is Bc1cccc2c1oc1c(N(c3ccc(-c4ccccc4)cc3)c3ccc(-c4ccccc4)cc3)cccc12. The molecule has 184 valence electrons. The lowest BCUT2D eigenvalue weighted by Crippen LogP contribution is -2.10. The van der Waals surface area contributed by atoms with Gasteiger partial charge in [-0.2, -0.15) is 0 Å². The van der Waals surface area contributed by atoms with Gasteiger partial charge in [0.2, 0.25) is 0 Å². The third-order valence-electron chi connectivity index (χ3n) is 7.41. The van der Waals surface area contributed by atoms with E-state index in [1.165, 1.54) is 22.3 Å². The van der Waals surface area contributed by atoms with E-state index in [1.54, 1.807) is 0 Å². The second kappa shape index (κ2) is 9.70. The molecule has 1 heterocycles. The van der Waals surface area contributed by atoms with Crippen LogP contribution in [0.3, 0.4) is 0 Å². The highest BCUT2D eigenvalue weighted by atomic mass is 16.3. The monoisotopic (exact) mass is 499 g/mol. The maximum atomic E-state index is 6.58.